The molecule has 3 heterocycles. The second-order valence-electron chi connectivity index (χ2n) is 7.10. The van der Waals surface area contributed by atoms with E-state index in [1.165, 1.54) is 22.8 Å². The van der Waals surface area contributed by atoms with Crippen LogP contribution in [0.4, 0.5) is 5.00 Å². The molecule has 0 bridgehead atoms. The topological polar surface area (TPSA) is 92.8 Å². The molecule has 2 aromatic rings. The lowest BCUT2D eigenvalue weighted by molar-refractivity contribution is -0.119. The molecule has 1 amide bonds. The van der Waals surface area contributed by atoms with Crippen molar-refractivity contribution in [2.24, 2.45) is 0 Å². The van der Waals surface area contributed by atoms with Gasteiger partial charge in [0.05, 0.1) is 12.7 Å². The van der Waals surface area contributed by atoms with Crippen molar-refractivity contribution in [3.05, 3.63) is 33.5 Å². The first kappa shape index (κ1) is 20.5. The average molecular weight is 455 g/mol. The Kier molecular flexibility index (Phi) is 5.78. The fourth-order valence-corrected chi connectivity index (χ4v) is 8.04. The van der Waals surface area contributed by atoms with Crippen LogP contribution in [0.15, 0.2) is 21.7 Å². The molecule has 1 saturated heterocycles. The number of sulfonamides is 1. The van der Waals surface area contributed by atoms with Gasteiger partial charge in [0.2, 0.25) is 5.91 Å². The van der Waals surface area contributed by atoms with E-state index in [0.29, 0.717) is 30.0 Å². The Labute approximate surface area is 177 Å². The molecule has 4 rings (SSSR count). The van der Waals surface area contributed by atoms with Gasteiger partial charge in [-0.3, -0.25) is 4.79 Å². The maximum Gasteiger partial charge on any atom is 0.341 e. The number of carbonyl (C=O) groups is 2. The third-order valence-electron chi connectivity index (χ3n) is 5.36. The number of ether oxygens (including phenoxy) is 1. The van der Waals surface area contributed by atoms with Crippen LogP contribution in [0.25, 0.3) is 0 Å². The number of thiophene rings is 2. The molecule has 29 heavy (non-hydrogen) atoms. The molecule has 1 fully saturated rings. The predicted octanol–water partition coefficient (Wildman–Crippen LogP) is 3.27. The van der Waals surface area contributed by atoms with Gasteiger partial charge in [-0.15, -0.1) is 22.7 Å². The molecule has 0 aromatic carbocycles. The number of hydrogen-bond acceptors (Lipinski definition) is 7. The van der Waals surface area contributed by atoms with Crippen LogP contribution in [-0.2, 0) is 32.4 Å². The highest BCUT2D eigenvalue weighted by Crippen LogP contribution is 2.39. The van der Waals surface area contributed by atoms with E-state index in [1.807, 2.05) is 0 Å². The fraction of sp³-hybridized carbons (Fsp3) is 0.474. The molecule has 0 spiro atoms. The van der Waals surface area contributed by atoms with Crippen LogP contribution in [0.2, 0.25) is 0 Å². The summed E-state index contributed by atoms with van der Waals surface area (Å²) in [6.45, 7) is 0.309. The van der Waals surface area contributed by atoms with Crippen molar-refractivity contribution in [2.75, 3.05) is 19.0 Å². The number of hydrogen-bond donors (Lipinski definition) is 1. The van der Waals surface area contributed by atoms with Crippen molar-refractivity contribution < 1.29 is 22.7 Å². The van der Waals surface area contributed by atoms with E-state index in [4.69, 9.17) is 4.74 Å². The number of fused-ring (bicyclic) bond motifs is 1. The number of nitrogens with zero attached hydrogens (tertiary/aromatic N) is 1. The first-order valence-corrected chi connectivity index (χ1v) is 12.7. The lowest BCUT2D eigenvalue weighted by Crippen LogP contribution is -2.42. The Morgan fingerprint density at radius 1 is 1.24 bits per heavy atom. The smallest absolute Gasteiger partial charge is 0.341 e. The van der Waals surface area contributed by atoms with Gasteiger partial charge in [-0.25, -0.2) is 13.2 Å². The maximum atomic E-state index is 13.1. The van der Waals surface area contributed by atoms with E-state index in [1.54, 1.807) is 17.5 Å². The molecule has 10 heteroatoms. The van der Waals surface area contributed by atoms with Crippen LogP contribution in [-0.4, -0.2) is 44.3 Å². The van der Waals surface area contributed by atoms with Gasteiger partial charge < -0.3 is 10.1 Å². The van der Waals surface area contributed by atoms with Crippen molar-refractivity contribution in [3.8, 4) is 0 Å². The normalized spacial score (nSPS) is 19.7. The molecule has 0 radical (unpaired) electrons. The minimum atomic E-state index is -3.71. The van der Waals surface area contributed by atoms with Crippen LogP contribution in [0, 0.1) is 0 Å². The van der Waals surface area contributed by atoms with Gasteiger partial charge in [-0.2, -0.15) is 4.31 Å². The molecule has 0 saturated carbocycles. The zero-order valence-corrected chi connectivity index (χ0v) is 18.4. The Hall–Kier alpha value is -1.75. The summed E-state index contributed by atoms with van der Waals surface area (Å²) in [5, 5.41) is 5.02. The Morgan fingerprint density at radius 2 is 2.03 bits per heavy atom. The van der Waals surface area contributed by atoms with Gasteiger partial charge in [0.25, 0.3) is 10.0 Å². The zero-order chi connectivity index (χ0) is 20.6. The van der Waals surface area contributed by atoms with Crippen molar-refractivity contribution >= 4 is 49.6 Å². The van der Waals surface area contributed by atoms with Crippen molar-refractivity contribution in [2.45, 2.75) is 48.8 Å². The van der Waals surface area contributed by atoms with Crippen LogP contribution in [0.5, 0.6) is 0 Å². The standard InChI is InChI=1S/C19H22N2O5S3/c1-26-19(23)16-12-6-2-3-8-14(12)28-18(16)20-17(22)13-7-4-10-21(13)29(24,25)15-9-5-11-27-15/h5,9,11,13H,2-4,6-8,10H2,1H3,(H,20,22). The fourth-order valence-electron chi connectivity index (χ4n) is 3.98. The summed E-state index contributed by atoms with van der Waals surface area (Å²) in [7, 11) is -2.39. The molecule has 2 aromatic heterocycles. The van der Waals surface area contributed by atoms with Crippen LogP contribution in [0.1, 0.15) is 46.5 Å². The van der Waals surface area contributed by atoms with E-state index >= 15 is 0 Å². The van der Waals surface area contributed by atoms with Gasteiger partial charge in [-0.05, 0) is 55.5 Å². The Balaban J connectivity index is 1.61. The van der Waals surface area contributed by atoms with E-state index < -0.39 is 27.9 Å². The predicted molar refractivity (Wildman–Crippen MR) is 112 cm³/mol. The molecule has 2 aliphatic rings. The molecule has 1 aliphatic carbocycles. The summed E-state index contributed by atoms with van der Waals surface area (Å²) < 4.78 is 32.3. The summed E-state index contributed by atoms with van der Waals surface area (Å²) in [5.74, 6) is -0.861. The Morgan fingerprint density at radius 3 is 2.76 bits per heavy atom. The first-order chi connectivity index (χ1) is 13.9. The third-order valence-corrected chi connectivity index (χ3v) is 9.85. The summed E-state index contributed by atoms with van der Waals surface area (Å²) in [5.41, 5.74) is 1.38. The molecule has 1 aliphatic heterocycles. The Bertz CT molecular complexity index is 1030. The second kappa shape index (κ2) is 8.17. The van der Waals surface area contributed by atoms with E-state index in [-0.39, 0.29) is 4.21 Å². The highest BCUT2D eigenvalue weighted by molar-refractivity contribution is 7.91. The minimum Gasteiger partial charge on any atom is -0.465 e. The number of amides is 1. The highest BCUT2D eigenvalue weighted by atomic mass is 32.2. The number of esters is 1. The summed E-state index contributed by atoms with van der Waals surface area (Å²) in [6.07, 6.45) is 4.78. The summed E-state index contributed by atoms with van der Waals surface area (Å²) in [6, 6.07) is 2.45. The first-order valence-electron chi connectivity index (χ1n) is 9.52. The number of carbonyl (C=O) groups excluding carboxylic acids is 2. The van der Waals surface area contributed by atoms with E-state index in [9.17, 15) is 18.0 Å². The van der Waals surface area contributed by atoms with Gasteiger partial charge in [0, 0.05) is 11.4 Å². The lowest BCUT2D eigenvalue weighted by atomic mass is 9.95. The molecule has 156 valence electrons. The zero-order valence-electron chi connectivity index (χ0n) is 16.0. The van der Waals surface area contributed by atoms with Crippen LogP contribution >= 0.6 is 22.7 Å². The minimum absolute atomic E-state index is 0.235. The maximum absolute atomic E-state index is 13.1. The quantitative estimate of drug-likeness (QED) is 0.700. The SMILES string of the molecule is COC(=O)c1c(NC(=O)C2CCCN2S(=O)(=O)c2cccs2)sc2c1CCCC2. The van der Waals surface area contributed by atoms with Crippen molar-refractivity contribution in [3.63, 3.8) is 0 Å². The number of rotatable bonds is 5. The average Bonchev–Trinajstić information content (AvgIpc) is 3.46. The summed E-state index contributed by atoms with van der Waals surface area (Å²) in [4.78, 5) is 26.5. The molecular formula is C19H22N2O5S3. The highest BCUT2D eigenvalue weighted by Gasteiger charge is 2.40. The number of nitrogens with one attached hydrogen (secondary N) is 1. The molecular weight excluding hydrogens is 432 g/mol. The molecule has 1 unspecified atom stereocenters. The van der Waals surface area contributed by atoms with Gasteiger partial charge in [0.15, 0.2) is 0 Å². The third kappa shape index (κ3) is 3.74. The van der Waals surface area contributed by atoms with E-state index in [0.717, 1.165) is 47.5 Å². The second-order valence-corrected chi connectivity index (χ2v) is 11.3. The molecule has 1 atom stereocenters. The van der Waals surface area contributed by atoms with Gasteiger partial charge >= 0.3 is 5.97 Å². The molecule has 7 nitrogen and oxygen atoms in total. The number of aryl methyl sites for hydroxylation is 1. The van der Waals surface area contributed by atoms with E-state index in [2.05, 4.69) is 5.32 Å². The van der Waals surface area contributed by atoms with Crippen molar-refractivity contribution in [1.82, 2.24) is 4.31 Å². The number of anilines is 1. The summed E-state index contributed by atoms with van der Waals surface area (Å²) >= 11 is 2.54. The van der Waals surface area contributed by atoms with Crippen LogP contribution in [0.3, 0.4) is 0 Å². The number of methoxy groups -OCH3 is 1. The van der Waals surface area contributed by atoms with Gasteiger partial charge in [-0.1, -0.05) is 6.07 Å². The van der Waals surface area contributed by atoms with Crippen molar-refractivity contribution in [1.29, 1.82) is 0 Å². The lowest BCUT2D eigenvalue weighted by Gasteiger charge is -2.22. The largest absolute Gasteiger partial charge is 0.465 e. The van der Waals surface area contributed by atoms with Gasteiger partial charge in [0.1, 0.15) is 15.3 Å². The van der Waals surface area contributed by atoms with Crippen LogP contribution < -0.4 is 5.32 Å². The molecule has 1 N–H and O–H groups in total. The monoisotopic (exact) mass is 454 g/mol.